The molecule has 1 aliphatic heterocycles. The van der Waals surface area contributed by atoms with E-state index in [4.69, 9.17) is 23.2 Å². The molecule has 1 N–H and O–H groups in total. The Morgan fingerprint density at radius 2 is 1.37 bits per heavy atom. The lowest BCUT2D eigenvalue weighted by Gasteiger charge is -2.47. The maximum Gasteiger partial charge on any atom is 0.227 e. The van der Waals surface area contributed by atoms with Crippen LogP contribution in [0.1, 0.15) is 42.5 Å². The largest absolute Gasteiger partial charge is 0.355 e. The van der Waals surface area contributed by atoms with Gasteiger partial charge in [-0.25, -0.2) is 8.78 Å². The quantitative estimate of drug-likeness (QED) is 0.355. The summed E-state index contributed by atoms with van der Waals surface area (Å²) in [5.74, 6) is -2.04. The van der Waals surface area contributed by atoms with Gasteiger partial charge in [0.2, 0.25) is 5.91 Å². The van der Waals surface area contributed by atoms with E-state index >= 15 is 0 Å². The summed E-state index contributed by atoms with van der Waals surface area (Å²) < 4.78 is 28.1. The molecule has 1 fully saturated rings. The zero-order chi connectivity index (χ0) is 25.1. The molecule has 0 aliphatic carbocycles. The molecule has 3 aromatic carbocycles. The molecular weight excluding hydrogens is 489 g/mol. The molecule has 184 valence electrons. The Bertz CT molecular complexity index is 1100. The SMILES string of the molecule is CC(C)CNC(=O)[C@H](c1cc(F)cc(F)c1)C1CN(C(c2ccc(Cl)cc2)c2ccc(Cl)cc2)C1. The third-order valence-corrected chi connectivity index (χ3v) is 6.86. The number of amides is 1. The maximum absolute atomic E-state index is 14.1. The molecule has 1 aliphatic rings. The molecule has 0 spiro atoms. The Labute approximate surface area is 215 Å². The molecule has 7 heteroatoms. The standard InChI is InChI=1S/C28H28Cl2F2N2O/c1-17(2)14-33-28(35)26(20-11-24(31)13-25(32)12-20)21-15-34(16-21)27(18-3-7-22(29)8-4-18)19-5-9-23(30)10-6-19/h3-13,17,21,26-27H,14-16H2,1-2H3,(H,33,35)/t26-/m1/s1. The fourth-order valence-corrected chi connectivity index (χ4v) is 4.93. The zero-order valence-electron chi connectivity index (χ0n) is 19.6. The predicted molar refractivity (Wildman–Crippen MR) is 137 cm³/mol. The number of likely N-dealkylation sites (tertiary alicyclic amines) is 1. The lowest BCUT2D eigenvalue weighted by molar-refractivity contribution is -0.126. The van der Waals surface area contributed by atoms with Crippen molar-refractivity contribution < 1.29 is 13.6 Å². The van der Waals surface area contributed by atoms with Gasteiger partial charge in [-0.1, -0.05) is 61.3 Å². The van der Waals surface area contributed by atoms with E-state index in [2.05, 4.69) is 10.2 Å². The summed E-state index contributed by atoms with van der Waals surface area (Å²) in [6.45, 7) is 5.69. The van der Waals surface area contributed by atoms with Gasteiger partial charge in [0.1, 0.15) is 11.6 Å². The Hall–Kier alpha value is -2.47. The van der Waals surface area contributed by atoms with Crippen molar-refractivity contribution in [1.82, 2.24) is 10.2 Å². The second-order valence-electron chi connectivity index (χ2n) is 9.54. The van der Waals surface area contributed by atoms with Crippen molar-refractivity contribution in [3.63, 3.8) is 0 Å². The monoisotopic (exact) mass is 516 g/mol. The molecule has 0 radical (unpaired) electrons. The third kappa shape index (κ3) is 6.21. The fraction of sp³-hybridized carbons (Fsp3) is 0.321. The van der Waals surface area contributed by atoms with Crippen molar-refractivity contribution in [1.29, 1.82) is 0 Å². The van der Waals surface area contributed by atoms with Crippen molar-refractivity contribution in [2.75, 3.05) is 19.6 Å². The van der Waals surface area contributed by atoms with E-state index < -0.39 is 17.6 Å². The van der Waals surface area contributed by atoms with Crippen molar-refractivity contribution in [2.24, 2.45) is 11.8 Å². The molecule has 0 aromatic heterocycles. The number of carbonyl (C=O) groups excluding carboxylic acids is 1. The zero-order valence-corrected chi connectivity index (χ0v) is 21.2. The molecule has 1 amide bonds. The van der Waals surface area contributed by atoms with Gasteiger partial charge in [-0.3, -0.25) is 9.69 Å². The first kappa shape index (κ1) is 25.6. The van der Waals surface area contributed by atoms with Gasteiger partial charge >= 0.3 is 0 Å². The second-order valence-corrected chi connectivity index (χ2v) is 10.4. The van der Waals surface area contributed by atoms with E-state index in [1.54, 1.807) is 0 Å². The normalized spacial score (nSPS) is 15.3. The molecule has 3 nitrogen and oxygen atoms in total. The molecule has 35 heavy (non-hydrogen) atoms. The molecule has 1 atom stereocenters. The van der Waals surface area contributed by atoms with Crippen LogP contribution < -0.4 is 5.32 Å². The molecule has 0 bridgehead atoms. The lowest BCUT2D eigenvalue weighted by Crippen LogP contribution is -2.53. The first-order valence-corrected chi connectivity index (χ1v) is 12.5. The third-order valence-electron chi connectivity index (χ3n) is 6.36. The van der Waals surface area contributed by atoms with E-state index in [0.29, 0.717) is 35.2 Å². The maximum atomic E-state index is 14.1. The van der Waals surface area contributed by atoms with Gasteiger partial charge in [0.25, 0.3) is 0 Å². The Kier molecular flexibility index (Phi) is 8.10. The van der Waals surface area contributed by atoms with Crippen LogP contribution in [0, 0.1) is 23.5 Å². The lowest BCUT2D eigenvalue weighted by atomic mass is 9.78. The fourth-order valence-electron chi connectivity index (χ4n) is 4.68. The first-order valence-electron chi connectivity index (χ1n) is 11.7. The number of hydrogen-bond donors (Lipinski definition) is 1. The van der Waals surface area contributed by atoms with Gasteiger partial charge in [-0.2, -0.15) is 0 Å². The summed E-state index contributed by atoms with van der Waals surface area (Å²) in [4.78, 5) is 15.5. The van der Waals surface area contributed by atoms with Gasteiger partial charge in [-0.05, 0) is 59.0 Å². The van der Waals surface area contributed by atoms with Crippen LogP contribution in [-0.2, 0) is 4.79 Å². The van der Waals surface area contributed by atoms with E-state index in [0.717, 1.165) is 17.2 Å². The highest BCUT2D eigenvalue weighted by molar-refractivity contribution is 6.30. The number of benzene rings is 3. The number of halogens is 4. The van der Waals surface area contributed by atoms with Gasteiger partial charge in [0.05, 0.1) is 12.0 Å². The number of nitrogens with one attached hydrogen (secondary N) is 1. The van der Waals surface area contributed by atoms with Crippen molar-refractivity contribution in [3.8, 4) is 0 Å². The van der Waals surface area contributed by atoms with E-state index in [9.17, 15) is 13.6 Å². The molecule has 1 heterocycles. The van der Waals surface area contributed by atoms with Gasteiger partial charge in [0, 0.05) is 41.7 Å². The molecular formula is C28H28Cl2F2N2O. The van der Waals surface area contributed by atoms with Crippen LogP contribution in [-0.4, -0.2) is 30.4 Å². The van der Waals surface area contributed by atoms with Crippen LogP contribution in [0.5, 0.6) is 0 Å². The van der Waals surface area contributed by atoms with Crippen molar-refractivity contribution >= 4 is 29.1 Å². The van der Waals surface area contributed by atoms with Crippen LogP contribution in [0.15, 0.2) is 66.7 Å². The van der Waals surface area contributed by atoms with Gasteiger partial charge in [-0.15, -0.1) is 0 Å². The molecule has 4 rings (SSSR count). The summed E-state index contributed by atoms with van der Waals surface area (Å²) >= 11 is 12.2. The van der Waals surface area contributed by atoms with Crippen LogP contribution >= 0.6 is 23.2 Å². The minimum atomic E-state index is -0.682. The van der Waals surface area contributed by atoms with Crippen molar-refractivity contribution in [3.05, 3.63) is 105 Å². The topological polar surface area (TPSA) is 32.3 Å². The highest BCUT2D eigenvalue weighted by Gasteiger charge is 2.42. The summed E-state index contributed by atoms with van der Waals surface area (Å²) in [7, 11) is 0. The van der Waals surface area contributed by atoms with Gasteiger partial charge < -0.3 is 5.32 Å². The van der Waals surface area contributed by atoms with E-state index in [1.807, 2.05) is 62.4 Å². The minimum absolute atomic E-state index is 0.0654. The van der Waals surface area contributed by atoms with Crippen LogP contribution in [0.25, 0.3) is 0 Å². The van der Waals surface area contributed by atoms with Gasteiger partial charge in [0.15, 0.2) is 0 Å². The van der Waals surface area contributed by atoms with Crippen LogP contribution in [0.2, 0.25) is 10.0 Å². The number of nitrogens with zero attached hydrogens (tertiary/aromatic N) is 1. The second kappa shape index (κ2) is 11.1. The number of hydrogen-bond acceptors (Lipinski definition) is 2. The van der Waals surface area contributed by atoms with Crippen LogP contribution in [0.4, 0.5) is 8.78 Å². The summed E-state index contributed by atoms with van der Waals surface area (Å²) in [5.41, 5.74) is 2.49. The van der Waals surface area contributed by atoms with Crippen molar-refractivity contribution in [2.45, 2.75) is 25.8 Å². The Morgan fingerprint density at radius 3 is 1.83 bits per heavy atom. The average molecular weight is 517 g/mol. The highest BCUT2D eigenvalue weighted by atomic mass is 35.5. The first-order chi connectivity index (χ1) is 16.7. The van der Waals surface area contributed by atoms with E-state index in [1.165, 1.54) is 12.1 Å². The summed E-state index contributed by atoms with van der Waals surface area (Å²) in [6.07, 6.45) is 0. The molecule has 1 saturated heterocycles. The predicted octanol–water partition coefficient (Wildman–Crippen LogP) is 6.85. The summed E-state index contributed by atoms with van der Waals surface area (Å²) in [5, 5.41) is 4.26. The summed E-state index contributed by atoms with van der Waals surface area (Å²) in [6, 6.07) is 18.7. The average Bonchev–Trinajstić information content (AvgIpc) is 2.77. The number of carbonyl (C=O) groups is 1. The molecule has 0 saturated carbocycles. The highest BCUT2D eigenvalue weighted by Crippen LogP contribution is 2.40. The van der Waals surface area contributed by atoms with Crippen LogP contribution in [0.3, 0.4) is 0 Å². The van der Waals surface area contributed by atoms with E-state index in [-0.39, 0.29) is 23.8 Å². The molecule has 0 unspecified atom stereocenters. The Morgan fingerprint density at radius 1 is 0.886 bits per heavy atom. The smallest absolute Gasteiger partial charge is 0.227 e. The minimum Gasteiger partial charge on any atom is -0.355 e. The number of rotatable bonds is 8. The molecule has 3 aromatic rings. The Balaban J connectivity index is 1.61.